The molecule has 0 saturated carbocycles. The van der Waals surface area contributed by atoms with E-state index in [2.05, 4.69) is 5.10 Å². The van der Waals surface area contributed by atoms with Gasteiger partial charge in [-0.15, -0.1) is 0 Å². The van der Waals surface area contributed by atoms with Crippen molar-refractivity contribution in [1.29, 1.82) is 0 Å². The van der Waals surface area contributed by atoms with Crippen LogP contribution < -0.4 is 0 Å². The molecule has 0 aliphatic carbocycles. The standard InChI is InChI=1S/C11H6ClF3N2O3/c12-7-2-1-5(3-6(7)11(13,14)15)17-4-8(18)9(16-17)10(19)20/h1-4,18H,(H,19,20). The van der Waals surface area contributed by atoms with E-state index in [-0.39, 0.29) is 5.69 Å². The van der Waals surface area contributed by atoms with Crippen LogP contribution in [0.2, 0.25) is 5.02 Å². The molecular formula is C11H6ClF3N2O3. The Labute approximate surface area is 114 Å². The molecule has 0 fully saturated rings. The van der Waals surface area contributed by atoms with Crippen LogP contribution in [0.5, 0.6) is 5.75 Å². The van der Waals surface area contributed by atoms with Gasteiger partial charge in [-0.3, -0.25) is 0 Å². The number of halogens is 4. The van der Waals surface area contributed by atoms with Gasteiger partial charge in [0, 0.05) is 0 Å². The highest BCUT2D eigenvalue weighted by atomic mass is 35.5. The summed E-state index contributed by atoms with van der Waals surface area (Å²) < 4.78 is 38.9. The molecular weight excluding hydrogens is 301 g/mol. The van der Waals surface area contributed by atoms with Crippen LogP contribution >= 0.6 is 11.6 Å². The number of alkyl halides is 3. The first-order chi connectivity index (χ1) is 9.20. The first-order valence-corrected chi connectivity index (χ1v) is 5.47. The van der Waals surface area contributed by atoms with Gasteiger partial charge in [0.2, 0.25) is 5.69 Å². The predicted octanol–water partition coefficient (Wildman–Crippen LogP) is 2.95. The number of rotatable bonds is 2. The Kier molecular flexibility index (Phi) is 3.34. The molecule has 20 heavy (non-hydrogen) atoms. The number of carboxylic acids is 1. The van der Waals surface area contributed by atoms with Crippen LogP contribution in [0.3, 0.4) is 0 Å². The lowest BCUT2D eigenvalue weighted by Crippen LogP contribution is -2.08. The van der Waals surface area contributed by atoms with Gasteiger partial charge in [0.1, 0.15) is 0 Å². The molecule has 2 rings (SSSR count). The third kappa shape index (κ3) is 2.55. The van der Waals surface area contributed by atoms with Crippen LogP contribution in [0.4, 0.5) is 13.2 Å². The van der Waals surface area contributed by atoms with Gasteiger partial charge in [-0.2, -0.15) is 18.3 Å². The quantitative estimate of drug-likeness (QED) is 0.894. The molecule has 0 radical (unpaired) electrons. The molecule has 0 amide bonds. The number of aromatic hydroxyl groups is 1. The highest BCUT2D eigenvalue weighted by Gasteiger charge is 2.33. The van der Waals surface area contributed by atoms with E-state index in [4.69, 9.17) is 16.7 Å². The van der Waals surface area contributed by atoms with Gasteiger partial charge in [0.05, 0.1) is 22.5 Å². The smallest absolute Gasteiger partial charge is 0.417 e. The number of hydrogen-bond acceptors (Lipinski definition) is 3. The summed E-state index contributed by atoms with van der Waals surface area (Å²) in [6.45, 7) is 0. The average Bonchev–Trinajstić information content (AvgIpc) is 2.70. The SMILES string of the molecule is O=C(O)c1nn(-c2ccc(Cl)c(C(F)(F)F)c2)cc1O. The summed E-state index contributed by atoms with van der Waals surface area (Å²) in [5.41, 5.74) is -1.82. The van der Waals surface area contributed by atoms with Crippen LogP contribution in [0.1, 0.15) is 16.1 Å². The number of benzene rings is 1. The summed E-state index contributed by atoms with van der Waals surface area (Å²) in [6.07, 6.45) is -3.76. The molecule has 0 aliphatic rings. The molecule has 0 saturated heterocycles. The monoisotopic (exact) mass is 306 g/mol. The molecule has 106 valence electrons. The second-order valence-electron chi connectivity index (χ2n) is 3.77. The van der Waals surface area contributed by atoms with E-state index in [9.17, 15) is 23.1 Å². The van der Waals surface area contributed by atoms with Crippen LogP contribution in [0, 0.1) is 0 Å². The predicted molar refractivity (Wildman–Crippen MR) is 62.2 cm³/mol. The highest BCUT2D eigenvalue weighted by molar-refractivity contribution is 6.31. The fourth-order valence-corrected chi connectivity index (χ4v) is 1.75. The van der Waals surface area contributed by atoms with Crippen molar-refractivity contribution in [3.05, 3.63) is 40.7 Å². The number of carboxylic acid groups (broad SMARTS) is 1. The van der Waals surface area contributed by atoms with Gasteiger partial charge < -0.3 is 10.2 Å². The number of aromatic carboxylic acids is 1. The van der Waals surface area contributed by atoms with Crippen molar-refractivity contribution in [2.45, 2.75) is 6.18 Å². The second kappa shape index (κ2) is 4.71. The van der Waals surface area contributed by atoms with Crippen molar-refractivity contribution in [2.75, 3.05) is 0 Å². The van der Waals surface area contributed by atoms with Crippen LogP contribution in [-0.2, 0) is 6.18 Å². The second-order valence-corrected chi connectivity index (χ2v) is 4.18. The van der Waals surface area contributed by atoms with E-state index < -0.39 is 34.2 Å². The van der Waals surface area contributed by atoms with Crippen molar-refractivity contribution < 1.29 is 28.2 Å². The molecule has 0 atom stereocenters. The zero-order chi connectivity index (χ0) is 15.1. The van der Waals surface area contributed by atoms with Gasteiger partial charge in [-0.05, 0) is 18.2 Å². The topological polar surface area (TPSA) is 75.3 Å². The van der Waals surface area contributed by atoms with Crippen LogP contribution in [-0.4, -0.2) is 26.0 Å². The van der Waals surface area contributed by atoms with E-state index in [1.54, 1.807) is 0 Å². The first-order valence-electron chi connectivity index (χ1n) is 5.09. The Morgan fingerprint density at radius 2 is 2.00 bits per heavy atom. The van der Waals surface area contributed by atoms with Gasteiger partial charge in [-0.1, -0.05) is 11.6 Å². The molecule has 1 heterocycles. The molecule has 0 unspecified atom stereocenters. The maximum absolute atomic E-state index is 12.7. The Balaban J connectivity index is 2.54. The molecule has 0 spiro atoms. The average molecular weight is 307 g/mol. The molecule has 0 aliphatic heterocycles. The number of aromatic nitrogens is 2. The zero-order valence-corrected chi connectivity index (χ0v) is 10.3. The summed E-state index contributed by atoms with van der Waals surface area (Å²) in [5.74, 6) is -2.15. The van der Waals surface area contributed by atoms with Gasteiger partial charge >= 0.3 is 12.1 Å². The third-order valence-corrected chi connectivity index (χ3v) is 2.75. The first kappa shape index (κ1) is 14.2. The number of hydrogen-bond donors (Lipinski definition) is 2. The van der Waals surface area contributed by atoms with E-state index in [0.717, 1.165) is 16.9 Å². The molecule has 1 aromatic heterocycles. The van der Waals surface area contributed by atoms with E-state index in [0.29, 0.717) is 6.07 Å². The summed E-state index contributed by atoms with van der Waals surface area (Å²) >= 11 is 5.46. The highest BCUT2D eigenvalue weighted by Crippen LogP contribution is 2.36. The fourth-order valence-electron chi connectivity index (χ4n) is 1.52. The Bertz CT molecular complexity index is 682. The lowest BCUT2D eigenvalue weighted by atomic mass is 10.2. The summed E-state index contributed by atoms with van der Waals surface area (Å²) in [6, 6.07) is 2.94. The lowest BCUT2D eigenvalue weighted by Gasteiger charge is -2.10. The molecule has 1 aromatic carbocycles. The van der Waals surface area contributed by atoms with E-state index in [1.165, 1.54) is 6.07 Å². The van der Waals surface area contributed by atoms with Gasteiger partial charge in [-0.25, -0.2) is 9.48 Å². The summed E-state index contributed by atoms with van der Waals surface area (Å²) in [4.78, 5) is 10.7. The molecule has 2 N–H and O–H groups in total. The third-order valence-electron chi connectivity index (χ3n) is 2.42. The van der Waals surface area contributed by atoms with Crippen LogP contribution in [0.25, 0.3) is 5.69 Å². The summed E-state index contributed by atoms with van der Waals surface area (Å²) in [7, 11) is 0. The Morgan fingerprint density at radius 3 is 2.50 bits per heavy atom. The molecule has 0 bridgehead atoms. The van der Waals surface area contributed by atoms with Crippen molar-refractivity contribution in [1.82, 2.24) is 9.78 Å². The maximum Gasteiger partial charge on any atom is 0.417 e. The molecule has 9 heteroatoms. The van der Waals surface area contributed by atoms with Gasteiger partial charge in [0.15, 0.2) is 5.75 Å². The molecule has 2 aromatic rings. The fraction of sp³-hybridized carbons (Fsp3) is 0.0909. The van der Waals surface area contributed by atoms with Gasteiger partial charge in [0.25, 0.3) is 0 Å². The molecule has 5 nitrogen and oxygen atoms in total. The number of nitrogens with zero attached hydrogens (tertiary/aromatic N) is 2. The Hall–Kier alpha value is -2.22. The van der Waals surface area contributed by atoms with Crippen molar-refractivity contribution in [3.63, 3.8) is 0 Å². The minimum Gasteiger partial charge on any atom is -0.504 e. The van der Waals surface area contributed by atoms with Crippen LogP contribution in [0.15, 0.2) is 24.4 Å². The summed E-state index contributed by atoms with van der Waals surface area (Å²) in [5, 5.41) is 21.1. The van der Waals surface area contributed by atoms with E-state index >= 15 is 0 Å². The van der Waals surface area contributed by atoms with Crippen molar-refractivity contribution in [2.24, 2.45) is 0 Å². The normalized spacial score (nSPS) is 11.6. The minimum atomic E-state index is -4.65. The van der Waals surface area contributed by atoms with Crippen molar-refractivity contribution in [3.8, 4) is 11.4 Å². The maximum atomic E-state index is 12.7. The minimum absolute atomic E-state index is 0.0791. The largest absolute Gasteiger partial charge is 0.504 e. The zero-order valence-electron chi connectivity index (χ0n) is 9.52. The van der Waals surface area contributed by atoms with Crippen molar-refractivity contribution >= 4 is 17.6 Å². The lowest BCUT2D eigenvalue weighted by molar-refractivity contribution is -0.137. The van der Waals surface area contributed by atoms with E-state index in [1.807, 2.05) is 0 Å². The number of carbonyl (C=O) groups is 1. The Morgan fingerprint density at radius 1 is 1.35 bits per heavy atom.